The number of primary amides is 1. The average Bonchev–Trinajstić information content (AvgIpc) is 2.90. The highest BCUT2D eigenvalue weighted by atomic mass is 16.5. The third-order valence-electron chi connectivity index (χ3n) is 7.06. The van der Waals surface area contributed by atoms with Crippen LogP contribution in [0.5, 0.6) is 11.6 Å². The number of nitrogens with zero attached hydrogens (tertiary/aromatic N) is 4. The number of nitrogens with two attached hydrogens (primary N) is 1. The maximum Gasteiger partial charge on any atom is 0.252 e. The van der Waals surface area contributed by atoms with Gasteiger partial charge in [0.25, 0.3) is 5.91 Å². The number of carbonyl (C=O) groups excluding carboxylic acids is 2. The summed E-state index contributed by atoms with van der Waals surface area (Å²) in [6.07, 6.45) is 3.39. The minimum atomic E-state index is -1.11. The van der Waals surface area contributed by atoms with Gasteiger partial charge in [0.1, 0.15) is 23.9 Å². The molecule has 0 radical (unpaired) electrons. The van der Waals surface area contributed by atoms with Crippen LogP contribution in [0.1, 0.15) is 61.9 Å². The number of pyridine rings is 1. The lowest BCUT2D eigenvalue weighted by molar-refractivity contribution is -0.132. The summed E-state index contributed by atoms with van der Waals surface area (Å²) in [4.78, 5) is 33.0. The van der Waals surface area contributed by atoms with Crippen molar-refractivity contribution in [3.8, 4) is 29.5 Å². The largest absolute Gasteiger partial charge is 0.490 e. The Kier molecular flexibility index (Phi) is 8.59. The molecule has 3 N–H and O–H groups in total. The molecule has 4 rings (SSSR count). The van der Waals surface area contributed by atoms with Gasteiger partial charge in [0.15, 0.2) is 0 Å². The predicted molar refractivity (Wildman–Crippen MR) is 145 cm³/mol. The molecule has 0 unspecified atom stereocenters. The van der Waals surface area contributed by atoms with E-state index in [4.69, 9.17) is 20.5 Å². The summed E-state index contributed by atoms with van der Waals surface area (Å²) < 4.78 is 12.2. The molecule has 2 amide bonds. The third-order valence-corrected chi connectivity index (χ3v) is 7.06. The van der Waals surface area contributed by atoms with Gasteiger partial charge in [-0.3, -0.25) is 9.59 Å². The number of likely N-dealkylation sites (tertiary alicyclic amines) is 2. The highest BCUT2D eigenvalue weighted by Gasteiger charge is 2.29. The molecule has 0 spiro atoms. The Hall–Kier alpha value is -3.86. The third kappa shape index (κ3) is 6.78. The van der Waals surface area contributed by atoms with Crippen molar-refractivity contribution < 1.29 is 24.2 Å². The van der Waals surface area contributed by atoms with Crippen LogP contribution in [0.4, 0.5) is 0 Å². The molecule has 206 valence electrons. The second-order valence-corrected chi connectivity index (χ2v) is 10.5. The Morgan fingerprint density at radius 2 is 2.00 bits per heavy atom. The van der Waals surface area contributed by atoms with Crippen molar-refractivity contribution in [2.45, 2.75) is 63.8 Å². The number of benzene rings is 1. The van der Waals surface area contributed by atoms with Crippen LogP contribution in [0.2, 0.25) is 0 Å². The van der Waals surface area contributed by atoms with Crippen molar-refractivity contribution in [3.63, 3.8) is 0 Å². The summed E-state index contributed by atoms with van der Waals surface area (Å²) in [5.74, 6) is 5.89. The molecular formula is C29H35N5O5. The molecule has 2 aromatic rings. The molecule has 2 aliphatic heterocycles. The smallest absolute Gasteiger partial charge is 0.252 e. The van der Waals surface area contributed by atoms with Gasteiger partial charge < -0.3 is 30.1 Å². The van der Waals surface area contributed by atoms with Crippen LogP contribution in [-0.2, 0) is 4.79 Å². The molecule has 2 aliphatic rings. The van der Waals surface area contributed by atoms with Crippen LogP contribution in [-0.4, -0.2) is 82.7 Å². The number of fused-ring (bicyclic) bond motifs is 1. The standard InChI is InChI=1S/C29H35N5O5/c1-19(2)38-25-16-23-22(15-24(25)27(31)36)20(6-8-29(37)9-13-33(3)14-10-29)17-32-28(23)39-21-5-4-12-34(18-21)26(35)7-11-30/h15-17,19,21,37H,4-5,7,9-10,12-14,18H2,1-3H3,(H2,31,36)/t21-/m1/s1. The summed E-state index contributed by atoms with van der Waals surface area (Å²) in [6, 6.07) is 5.23. The van der Waals surface area contributed by atoms with Crippen LogP contribution in [0.3, 0.4) is 0 Å². The first kappa shape index (κ1) is 28.2. The minimum Gasteiger partial charge on any atom is -0.490 e. The molecule has 0 aliphatic carbocycles. The molecule has 2 fully saturated rings. The van der Waals surface area contributed by atoms with Crippen molar-refractivity contribution in [1.29, 1.82) is 5.26 Å². The molecule has 10 heteroatoms. The van der Waals surface area contributed by atoms with E-state index in [2.05, 4.69) is 21.7 Å². The number of carbonyl (C=O) groups is 2. The SMILES string of the molecule is CC(C)Oc1cc2c(O[C@@H]3CCCN(C(=O)CC#N)C3)ncc(C#CC3(O)CCN(C)CC3)c2cc1C(N)=O. The fourth-order valence-electron chi connectivity index (χ4n) is 4.87. The number of rotatable bonds is 6. The summed E-state index contributed by atoms with van der Waals surface area (Å²) in [5.41, 5.74) is 5.33. The summed E-state index contributed by atoms with van der Waals surface area (Å²) in [7, 11) is 2.01. The fourth-order valence-corrected chi connectivity index (χ4v) is 4.87. The maximum absolute atomic E-state index is 12.4. The highest BCUT2D eigenvalue weighted by molar-refractivity contribution is 6.03. The van der Waals surface area contributed by atoms with Crippen molar-refractivity contribution >= 4 is 22.6 Å². The van der Waals surface area contributed by atoms with E-state index in [0.29, 0.717) is 53.9 Å². The van der Waals surface area contributed by atoms with Crippen LogP contribution in [0, 0.1) is 23.2 Å². The van der Waals surface area contributed by atoms with Gasteiger partial charge in [-0.1, -0.05) is 11.8 Å². The molecular weight excluding hydrogens is 498 g/mol. The van der Waals surface area contributed by atoms with Gasteiger partial charge in [0.05, 0.1) is 29.8 Å². The van der Waals surface area contributed by atoms with Crippen LogP contribution in [0.15, 0.2) is 18.3 Å². The van der Waals surface area contributed by atoms with Crippen LogP contribution >= 0.6 is 0 Å². The van der Waals surface area contributed by atoms with Crippen molar-refractivity contribution in [2.24, 2.45) is 5.73 Å². The van der Waals surface area contributed by atoms with E-state index >= 15 is 0 Å². The maximum atomic E-state index is 12.4. The molecule has 10 nitrogen and oxygen atoms in total. The first-order valence-electron chi connectivity index (χ1n) is 13.3. The van der Waals surface area contributed by atoms with Crippen molar-refractivity contribution in [2.75, 3.05) is 33.2 Å². The number of piperidine rings is 2. The Morgan fingerprint density at radius 3 is 2.67 bits per heavy atom. The lowest BCUT2D eigenvalue weighted by atomic mass is 9.92. The van der Waals surface area contributed by atoms with Gasteiger partial charge >= 0.3 is 0 Å². The van der Waals surface area contributed by atoms with E-state index in [1.54, 1.807) is 23.2 Å². The number of aromatic nitrogens is 1. The molecule has 3 heterocycles. The van der Waals surface area contributed by atoms with Gasteiger partial charge in [-0.25, -0.2) is 4.98 Å². The minimum absolute atomic E-state index is 0.171. The van der Waals surface area contributed by atoms with Gasteiger partial charge in [0, 0.05) is 49.4 Å². The van der Waals surface area contributed by atoms with Crippen molar-refractivity contribution in [1.82, 2.24) is 14.8 Å². The zero-order valence-corrected chi connectivity index (χ0v) is 22.7. The zero-order chi connectivity index (χ0) is 28.2. The number of hydrogen-bond donors (Lipinski definition) is 2. The lowest BCUT2D eigenvalue weighted by Crippen LogP contribution is -2.44. The second kappa shape index (κ2) is 11.9. The quantitative estimate of drug-likeness (QED) is 0.539. The summed E-state index contributed by atoms with van der Waals surface area (Å²) >= 11 is 0. The van der Waals surface area contributed by atoms with Gasteiger partial charge in [0.2, 0.25) is 11.8 Å². The van der Waals surface area contributed by atoms with Crippen LogP contribution in [0.25, 0.3) is 10.8 Å². The molecule has 1 aromatic carbocycles. The summed E-state index contributed by atoms with van der Waals surface area (Å²) in [6.45, 7) is 6.12. The fraction of sp³-hybridized carbons (Fsp3) is 0.517. The monoisotopic (exact) mass is 533 g/mol. The van der Waals surface area contributed by atoms with E-state index in [0.717, 1.165) is 25.9 Å². The number of nitriles is 1. The first-order valence-corrected chi connectivity index (χ1v) is 13.3. The first-order chi connectivity index (χ1) is 18.6. The molecule has 39 heavy (non-hydrogen) atoms. The summed E-state index contributed by atoms with van der Waals surface area (Å²) in [5, 5.41) is 21.1. The molecule has 2 saturated heterocycles. The Balaban J connectivity index is 1.75. The average molecular weight is 534 g/mol. The molecule has 0 bridgehead atoms. The Labute approximate surface area is 228 Å². The van der Waals surface area contributed by atoms with E-state index in [-0.39, 0.29) is 30.1 Å². The van der Waals surface area contributed by atoms with E-state index in [1.165, 1.54) is 0 Å². The van der Waals surface area contributed by atoms with Crippen LogP contribution < -0.4 is 15.2 Å². The Bertz CT molecular complexity index is 1350. The normalized spacial score (nSPS) is 19.2. The number of hydrogen-bond acceptors (Lipinski definition) is 8. The number of aliphatic hydroxyl groups is 1. The number of ether oxygens (including phenoxy) is 2. The van der Waals surface area contributed by atoms with E-state index in [1.807, 2.05) is 27.0 Å². The lowest BCUT2D eigenvalue weighted by Gasteiger charge is -2.32. The molecule has 0 saturated carbocycles. The molecule has 1 aromatic heterocycles. The van der Waals surface area contributed by atoms with E-state index < -0.39 is 11.5 Å². The van der Waals surface area contributed by atoms with Gasteiger partial charge in [-0.05, 0) is 45.9 Å². The predicted octanol–water partition coefficient (Wildman–Crippen LogP) is 2.21. The van der Waals surface area contributed by atoms with Gasteiger partial charge in [-0.2, -0.15) is 5.26 Å². The Morgan fingerprint density at radius 1 is 1.26 bits per heavy atom. The number of amides is 2. The van der Waals surface area contributed by atoms with Gasteiger partial charge in [-0.15, -0.1) is 0 Å². The zero-order valence-electron chi connectivity index (χ0n) is 22.7. The van der Waals surface area contributed by atoms with E-state index in [9.17, 15) is 14.7 Å². The van der Waals surface area contributed by atoms with Crippen molar-refractivity contribution in [3.05, 3.63) is 29.5 Å². The second-order valence-electron chi connectivity index (χ2n) is 10.5. The molecule has 1 atom stereocenters. The topological polar surface area (TPSA) is 142 Å². The highest BCUT2D eigenvalue weighted by Crippen LogP contribution is 2.34.